The van der Waals surface area contributed by atoms with Gasteiger partial charge in [0, 0.05) is 20.3 Å². The molecule has 0 aromatic heterocycles. The van der Waals surface area contributed by atoms with Crippen molar-refractivity contribution in [3.05, 3.63) is 26.8 Å². The third kappa shape index (κ3) is 3.52. The third-order valence-electron chi connectivity index (χ3n) is 2.31. The van der Waals surface area contributed by atoms with Crippen LogP contribution in [0.25, 0.3) is 0 Å². The van der Waals surface area contributed by atoms with Crippen molar-refractivity contribution in [2.24, 2.45) is 0 Å². The Morgan fingerprint density at radius 3 is 2.88 bits per heavy atom. The fourth-order valence-electron chi connectivity index (χ4n) is 1.31. The summed E-state index contributed by atoms with van der Waals surface area (Å²) in [5.41, 5.74) is 0.941. The zero-order valence-electron chi connectivity index (χ0n) is 8.59. The van der Waals surface area contributed by atoms with E-state index < -0.39 is 0 Å². The molecule has 0 atom stereocenters. The third-order valence-corrected chi connectivity index (χ3v) is 3.44. The Balaban J connectivity index is 1.85. The predicted molar refractivity (Wildman–Crippen MR) is 73.8 cm³/mol. The maximum Gasteiger partial charge on any atom is 0.239 e. The number of rotatable bonds is 4. The van der Waals surface area contributed by atoms with Crippen LogP contribution in [0, 0.1) is 3.57 Å². The van der Waals surface area contributed by atoms with Crippen LogP contribution in [0.2, 0.25) is 5.02 Å². The summed E-state index contributed by atoms with van der Waals surface area (Å²) in [7, 11) is 0. The largest absolute Gasteiger partial charge is 0.375 e. The topological polar surface area (TPSA) is 41.1 Å². The number of benzene rings is 1. The van der Waals surface area contributed by atoms with Crippen molar-refractivity contribution in [2.45, 2.75) is 18.9 Å². The van der Waals surface area contributed by atoms with Crippen LogP contribution < -0.4 is 10.6 Å². The summed E-state index contributed by atoms with van der Waals surface area (Å²) < 4.78 is 1.02. The summed E-state index contributed by atoms with van der Waals surface area (Å²) in [4.78, 5) is 11.4. The molecule has 1 aliphatic rings. The van der Waals surface area contributed by atoms with E-state index in [1.165, 1.54) is 0 Å². The number of amides is 1. The molecule has 0 aliphatic heterocycles. The minimum absolute atomic E-state index is 0.0493. The molecule has 0 saturated heterocycles. The number of hydrogen-bond acceptors (Lipinski definition) is 2. The van der Waals surface area contributed by atoms with Gasteiger partial charge in [-0.25, -0.2) is 0 Å². The summed E-state index contributed by atoms with van der Waals surface area (Å²) >= 11 is 8.04. The van der Waals surface area contributed by atoms with Crippen molar-refractivity contribution >= 4 is 45.8 Å². The van der Waals surface area contributed by atoms with Crippen molar-refractivity contribution in [2.75, 3.05) is 11.9 Å². The Bertz CT molecular complexity index is 407. The Morgan fingerprint density at radius 1 is 1.50 bits per heavy atom. The van der Waals surface area contributed by atoms with Crippen LogP contribution >= 0.6 is 34.2 Å². The van der Waals surface area contributed by atoms with E-state index in [0.29, 0.717) is 17.6 Å². The van der Waals surface area contributed by atoms with Crippen molar-refractivity contribution < 1.29 is 4.79 Å². The normalized spacial score (nSPS) is 14.6. The van der Waals surface area contributed by atoms with Gasteiger partial charge in [-0.1, -0.05) is 11.6 Å². The van der Waals surface area contributed by atoms with Crippen molar-refractivity contribution in [1.29, 1.82) is 0 Å². The van der Waals surface area contributed by atoms with Gasteiger partial charge in [0.05, 0.1) is 6.54 Å². The lowest BCUT2D eigenvalue weighted by Gasteiger charge is -2.08. The lowest BCUT2D eigenvalue weighted by atomic mass is 10.3. The SMILES string of the molecule is O=C(CNc1ccc(Cl)cc1I)NC1CC1. The van der Waals surface area contributed by atoms with Crippen LogP contribution in [0.5, 0.6) is 0 Å². The van der Waals surface area contributed by atoms with Gasteiger partial charge in [0.1, 0.15) is 0 Å². The molecule has 0 heterocycles. The molecule has 0 unspecified atom stereocenters. The average Bonchev–Trinajstić information content (AvgIpc) is 3.00. The van der Waals surface area contributed by atoms with Crippen molar-refractivity contribution in [3.8, 4) is 0 Å². The summed E-state index contributed by atoms with van der Waals surface area (Å²) in [6.07, 6.45) is 2.23. The molecular formula is C11H12ClIN2O. The highest BCUT2D eigenvalue weighted by atomic mass is 127. The predicted octanol–water partition coefficient (Wildman–Crippen LogP) is 2.64. The molecule has 2 N–H and O–H groups in total. The molecule has 1 saturated carbocycles. The first-order valence-corrected chi connectivity index (χ1v) is 6.59. The number of anilines is 1. The zero-order chi connectivity index (χ0) is 11.5. The van der Waals surface area contributed by atoms with E-state index in [1.54, 1.807) is 0 Å². The second-order valence-electron chi connectivity index (χ2n) is 3.82. The fourth-order valence-corrected chi connectivity index (χ4v) is 2.38. The van der Waals surface area contributed by atoms with Gasteiger partial charge < -0.3 is 10.6 Å². The van der Waals surface area contributed by atoms with E-state index in [0.717, 1.165) is 22.1 Å². The summed E-state index contributed by atoms with van der Waals surface area (Å²) in [6, 6.07) is 5.97. The number of hydrogen-bond donors (Lipinski definition) is 2. The molecule has 0 bridgehead atoms. The molecular weight excluding hydrogens is 338 g/mol. The van der Waals surface area contributed by atoms with Gasteiger partial charge in [-0.15, -0.1) is 0 Å². The first kappa shape index (κ1) is 12.0. The highest BCUT2D eigenvalue weighted by Crippen LogP contribution is 2.22. The molecule has 5 heteroatoms. The minimum Gasteiger partial charge on any atom is -0.375 e. The van der Waals surface area contributed by atoms with Gasteiger partial charge in [0.25, 0.3) is 0 Å². The Morgan fingerprint density at radius 2 is 2.25 bits per heavy atom. The van der Waals surface area contributed by atoms with Gasteiger partial charge in [0.15, 0.2) is 0 Å². The molecule has 2 rings (SSSR count). The van der Waals surface area contributed by atoms with Crippen LogP contribution in [-0.2, 0) is 4.79 Å². The molecule has 1 amide bonds. The van der Waals surface area contributed by atoms with Gasteiger partial charge in [-0.2, -0.15) is 0 Å². The standard InChI is InChI=1S/C11H12ClIN2O/c12-7-1-4-10(9(13)5-7)14-6-11(16)15-8-2-3-8/h1,4-5,8,14H,2-3,6H2,(H,15,16). The minimum atomic E-state index is 0.0493. The number of nitrogens with one attached hydrogen (secondary N) is 2. The van der Waals surface area contributed by atoms with Crippen molar-refractivity contribution in [3.63, 3.8) is 0 Å². The zero-order valence-corrected chi connectivity index (χ0v) is 11.5. The van der Waals surface area contributed by atoms with E-state index >= 15 is 0 Å². The monoisotopic (exact) mass is 350 g/mol. The molecule has 0 spiro atoms. The Labute approximate surface area is 113 Å². The molecule has 1 aromatic carbocycles. The highest BCUT2D eigenvalue weighted by Gasteiger charge is 2.22. The lowest BCUT2D eigenvalue weighted by Crippen LogP contribution is -2.31. The van der Waals surface area contributed by atoms with Crippen molar-refractivity contribution in [1.82, 2.24) is 5.32 Å². The van der Waals surface area contributed by atoms with Gasteiger partial charge in [-0.05, 0) is 53.6 Å². The van der Waals surface area contributed by atoms with Crippen LogP contribution in [-0.4, -0.2) is 18.5 Å². The average molecular weight is 351 g/mol. The molecule has 0 radical (unpaired) electrons. The molecule has 3 nitrogen and oxygen atoms in total. The van der Waals surface area contributed by atoms with Crippen LogP contribution in [0.3, 0.4) is 0 Å². The van der Waals surface area contributed by atoms with Crippen LogP contribution in [0.4, 0.5) is 5.69 Å². The number of halogens is 2. The Hall–Kier alpha value is -0.490. The Kier molecular flexibility index (Phi) is 3.91. The molecule has 16 heavy (non-hydrogen) atoms. The summed E-state index contributed by atoms with van der Waals surface area (Å²) in [6.45, 7) is 0.314. The van der Waals surface area contributed by atoms with E-state index in [4.69, 9.17) is 11.6 Å². The molecule has 86 valence electrons. The summed E-state index contributed by atoms with van der Waals surface area (Å²) in [5, 5.41) is 6.73. The van der Waals surface area contributed by atoms with Gasteiger partial charge in [0.2, 0.25) is 5.91 Å². The smallest absolute Gasteiger partial charge is 0.239 e. The lowest BCUT2D eigenvalue weighted by molar-refractivity contribution is -0.119. The summed E-state index contributed by atoms with van der Waals surface area (Å²) in [5.74, 6) is 0.0493. The number of carbonyl (C=O) groups is 1. The fraction of sp³-hybridized carbons (Fsp3) is 0.364. The van der Waals surface area contributed by atoms with Gasteiger partial charge >= 0.3 is 0 Å². The molecule has 1 aliphatic carbocycles. The van der Waals surface area contributed by atoms with Crippen LogP contribution in [0.15, 0.2) is 18.2 Å². The van der Waals surface area contributed by atoms with Crippen LogP contribution in [0.1, 0.15) is 12.8 Å². The van der Waals surface area contributed by atoms with E-state index in [1.807, 2.05) is 18.2 Å². The highest BCUT2D eigenvalue weighted by molar-refractivity contribution is 14.1. The first-order valence-electron chi connectivity index (χ1n) is 5.13. The molecule has 1 fully saturated rings. The van der Waals surface area contributed by atoms with E-state index in [9.17, 15) is 4.79 Å². The quantitative estimate of drug-likeness (QED) is 0.820. The molecule has 1 aromatic rings. The maximum absolute atomic E-state index is 11.4. The number of carbonyl (C=O) groups excluding carboxylic acids is 1. The maximum atomic E-state index is 11.4. The van der Waals surface area contributed by atoms with E-state index in [-0.39, 0.29) is 5.91 Å². The second kappa shape index (κ2) is 5.23. The second-order valence-corrected chi connectivity index (χ2v) is 5.42. The van der Waals surface area contributed by atoms with E-state index in [2.05, 4.69) is 33.2 Å². The first-order chi connectivity index (χ1) is 7.65. The van der Waals surface area contributed by atoms with Gasteiger partial charge in [-0.3, -0.25) is 4.79 Å².